The highest BCUT2D eigenvalue weighted by molar-refractivity contribution is 5.76. The van der Waals surface area contributed by atoms with Crippen LogP contribution in [0, 0.1) is 5.92 Å². The topological polar surface area (TPSA) is 71.7 Å². The second kappa shape index (κ2) is 9.29. The van der Waals surface area contributed by atoms with Gasteiger partial charge in [-0.1, -0.05) is 30.8 Å². The number of carbonyl (C=O) groups excluding carboxylic acids is 1. The summed E-state index contributed by atoms with van der Waals surface area (Å²) in [5.41, 5.74) is 0. The number of aromatic nitrogens is 2. The molecule has 1 aliphatic carbocycles. The number of ether oxygens (including phenoxy) is 1. The van der Waals surface area contributed by atoms with E-state index in [1.54, 1.807) is 7.11 Å². The van der Waals surface area contributed by atoms with Gasteiger partial charge in [0, 0.05) is 39.7 Å². The summed E-state index contributed by atoms with van der Waals surface area (Å²) in [4.78, 5) is 21.2. The maximum Gasteiger partial charge on any atom is 0.240 e. The standard InChI is InChI=1S/C18H30N4O3/c1-24-14-16-19-17(25-20-16)13-21-9-4-10-22(12-11-21)18(23)8-7-15-5-2-3-6-15/h15H,2-14H2,1H3. The van der Waals surface area contributed by atoms with Crippen LogP contribution in [0.2, 0.25) is 0 Å². The molecule has 0 spiro atoms. The van der Waals surface area contributed by atoms with Crippen molar-refractivity contribution in [1.82, 2.24) is 19.9 Å². The van der Waals surface area contributed by atoms with Gasteiger partial charge in [-0.05, 0) is 18.8 Å². The van der Waals surface area contributed by atoms with Gasteiger partial charge in [-0.15, -0.1) is 0 Å². The zero-order valence-electron chi connectivity index (χ0n) is 15.3. The first-order valence-corrected chi connectivity index (χ1v) is 9.55. The lowest BCUT2D eigenvalue weighted by Crippen LogP contribution is -2.35. The molecular formula is C18H30N4O3. The Morgan fingerprint density at radius 3 is 2.84 bits per heavy atom. The molecule has 0 aromatic carbocycles. The largest absolute Gasteiger partial charge is 0.377 e. The van der Waals surface area contributed by atoms with E-state index in [1.807, 2.05) is 4.90 Å². The lowest BCUT2D eigenvalue weighted by atomic mass is 10.0. The Kier molecular flexibility index (Phi) is 6.81. The molecule has 2 heterocycles. The third-order valence-electron chi connectivity index (χ3n) is 5.32. The minimum Gasteiger partial charge on any atom is -0.377 e. The van der Waals surface area contributed by atoms with Crippen LogP contribution in [0.1, 0.15) is 56.7 Å². The van der Waals surface area contributed by atoms with E-state index in [9.17, 15) is 4.79 Å². The quantitative estimate of drug-likeness (QED) is 0.751. The van der Waals surface area contributed by atoms with Crippen LogP contribution < -0.4 is 0 Å². The van der Waals surface area contributed by atoms with Crippen molar-refractivity contribution in [3.05, 3.63) is 11.7 Å². The molecule has 1 saturated heterocycles. The van der Waals surface area contributed by atoms with Gasteiger partial charge < -0.3 is 14.2 Å². The van der Waals surface area contributed by atoms with Crippen molar-refractivity contribution in [1.29, 1.82) is 0 Å². The maximum absolute atomic E-state index is 12.5. The maximum atomic E-state index is 12.5. The second-order valence-electron chi connectivity index (χ2n) is 7.24. The molecule has 0 atom stereocenters. The monoisotopic (exact) mass is 350 g/mol. The summed E-state index contributed by atoms with van der Waals surface area (Å²) in [5.74, 6) is 2.31. The van der Waals surface area contributed by atoms with Crippen molar-refractivity contribution in [2.24, 2.45) is 5.92 Å². The van der Waals surface area contributed by atoms with Crippen molar-refractivity contribution in [3.63, 3.8) is 0 Å². The molecular weight excluding hydrogens is 320 g/mol. The molecule has 7 nitrogen and oxygen atoms in total. The Hall–Kier alpha value is -1.47. The van der Waals surface area contributed by atoms with Crippen molar-refractivity contribution in [2.45, 2.75) is 58.1 Å². The Balaban J connectivity index is 1.42. The third-order valence-corrected chi connectivity index (χ3v) is 5.32. The van der Waals surface area contributed by atoms with Gasteiger partial charge in [-0.2, -0.15) is 4.98 Å². The van der Waals surface area contributed by atoms with Crippen LogP contribution in [-0.2, 0) is 22.7 Å². The molecule has 1 amide bonds. The van der Waals surface area contributed by atoms with E-state index < -0.39 is 0 Å². The minimum atomic E-state index is 0.328. The highest BCUT2D eigenvalue weighted by atomic mass is 16.5. The number of nitrogens with zero attached hydrogens (tertiary/aromatic N) is 4. The molecule has 140 valence electrons. The molecule has 25 heavy (non-hydrogen) atoms. The first-order chi connectivity index (χ1) is 12.2. The van der Waals surface area contributed by atoms with Crippen LogP contribution >= 0.6 is 0 Å². The van der Waals surface area contributed by atoms with Crippen LogP contribution in [0.5, 0.6) is 0 Å². The number of methoxy groups -OCH3 is 1. The predicted octanol–water partition coefficient (Wildman–Crippen LogP) is 2.22. The SMILES string of the molecule is COCc1noc(CN2CCCN(C(=O)CCC3CCCC3)CC2)n1. The molecule has 2 aliphatic rings. The Morgan fingerprint density at radius 1 is 1.20 bits per heavy atom. The summed E-state index contributed by atoms with van der Waals surface area (Å²) in [6.45, 7) is 4.47. The predicted molar refractivity (Wildman–Crippen MR) is 92.7 cm³/mol. The van der Waals surface area contributed by atoms with E-state index in [0.29, 0.717) is 37.2 Å². The number of amides is 1. The average Bonchev–Trinajstić information content (AvgIpc) is 3.22. The molecule has 0 radical (unpaired) electrons. The van der Waals surface area contributed by atoms with E-state index in [4.69, 9.17) is 9.26 Å². The van der Waals surface area contributed by atoms with Gasteiger partial charge in [0.15, 0.2) is 5.82 Å². The van der Waals surface area contributed by atoms with Gasteiger partial charge >= 0.3 is 0 Å². The lowest BCUT2D eigenvalue weighted by molar-refractivity contribution is -0.131. The van der Waals surface area contributed by atoms with Gasteiger partial charge in [0.2, 0.25) is 11.8 Å². The van der Waals surface area contributed by atoms with Crippen molar-refractivity contribution in [2.75, 3.05) is 33.3 Å². The van der Waals surface area contributed by atoms with Gasteiger partial charge in [0.25, 0.3) is 0 Å². The van der Waals surface area contributed by atoms with Gasteiger partial charge in [-0.3, -0.25) is 9.69 Å². The lowest BCUT2D eigenvalue weighted by Gasteiger charge is -2.22. The van der Waals surface area contributed by atoms with Gasteiger partial charge in [0.05, 0.1) is 6.54 Å². The molecule has 0 N–H and O–H groups in total. The smallest absolute Gasteiger partial charge is 0.240 e. The summed E-state index contributed by atoms with van der Waals surface area (Å²) in [5, 5.41) is 3.90. The fraction of sp³-hybridized carbons (Fsp3) is 0.833. The summed E-state index contributed by atoms with van der Waals surface area (Å²) in [7, 11) is 1.61. The van der Waals surface area contributed by atoms with Crippen LogP contribution in [0.3, 0.4) is 0 Å². The van der Waals surface area contributed by atoms with E-state index in [-0.39, 0.29) is 0 Å². The normalized spacial score (nSPS) is 20.1. The highest BCUT2D eigenvalue weighted by Gasteiger charge is 2.22. The molecule has 1 aromatic rings. The fourth-order valence-electron chi connectivity index (χ4n) is 3.90. The molecule has 1 saturated carbocycles. The van der Waals surface area contributed by atoms with Crippen molar-refractivity contribution < 1.29 is 14.1 Å². The summed E-state index contributed by atoms with van der Waals surface area (Å²) in [6.07, 6.45) is 8.11. The van der Waals surface area contributed by atoms with Crippen LogP contribution in [-0.4, -0.2) is 59.1 Å². The van der Waals surface area contributed by atoms with Crippen molar-refractivity contribution >= 4 is 5.91 Å². The van der Waals surface area contributed by atoms with Crippen LogP contribution in [0.15, 0.2) is 4.52 Å². The zero-order chi connectivity index (χ0) is 17.5. The van der Waals surface area contributed by atoms with Crippen LogP contribution in [0.25, 0.3) is 0 Å². The van der Waals surface area contributed by atoms with E-state index in [2.05, 4.69) is 15.0 Å². The molecule has 3 rings (SSSR count). The zero-order valence-corrected chi connectivity index (χ0v) is 15.3. The Bertz CT molecular complexity index is 542. The number of hydrogen-bond acceptors (Lipinski definition) is 6. The summed E-state index contributed by atoms with van der Waals surface area (Å²) >= 11 is 0. The minimum absolute atomic E-state index is 0.328. The number of hydrogen-bond donors (Lipinski definition) is 0. The van der Waals surface area contributed by atoms with E-state index in [0.717, 1.165) is 44.9 Å². The Labute approximate surface area is 149 Å². The fourth-order valence-corrected chi connectivity index (χ4v) is 3.90. The molecule has 1 aliphatic heterocycles. The van der Waals surface area contributed by atoms with Gasteiger partial charge in [-0.25, -0.2) is 0 Å². The van der Waals surface area contributed by atoms with Crippen molar-refractivity contribution in [3.8, 4) is 0 Å². The molecule has 1 aromatic heterocycles. The Morgan fingerprint density at radius 2 is 2.04 bits per heavy atom. The molecule has 2 fully saturated rings. The number of carbonyl (C=O) groups is 1. The third kappa shape index (κ3) is 5.51. The van der Waals surface area contributed by atoms with E-state index in [1.165, 1.54) is 25.7 Å². The summed E-state index contributed by atoms with van der Waals surface area (Å²) in [6, 6.07) is 0. The molecule has 0 bridgehead atoms. The highest BCUT2D eigenvalue weighted by Crippen LogP contribution is 2.28. The summed E-state index contributed by atoms with van der Waals surface area (Å²) < 4.78 is 10.3. The number of rotatable bonds is 7. The first kappa shape index (κ1) is 18.3. The van der Waals surface area contributed by atoms with E-state index >= 15 is 0 Å². The second-order valence-corrected chi connectivity index (χ2v) is 7.24. The van der Waals surface area contributed by atoms with Gasteiger partial charge in [0.1, 0.15) is 6.61 Å². The van der Waals surface area contributed by atoms with Crippen LogP contribution in [0.4, 0.5) is 0 Å². The molecule has 7 heteroatoms. The molecule has 0 unspecified atom stereocenters. The average molecular weight is 350 g/mol. The first-order valence-electron chi connectivity index (χ1n) is 9.55.